The van der Waals surface area contributed by atoms with Gasteiger partial charge in [-0.25, -0.2) is 4.98 Å². The van der Waals surface area contributed by atoms with Crippen LogP contribution in [0.1, 0.15) is 31.1 Å². The third-order valence-corrected chi connectivity index (χ3v) is 5.16. The van der Waals surface area contributed by atoms with E-state index in [-0.39, 0.29) is 11.8 Å². The average molecular weight is 385 g/mol. The molecule has 3 aromatic rings. The lowest BCUT2D eigenvalue weighted by molar-refractivity contribution is -0.132. The molecular weight excluding hydrogens is 364 g/mol. The van der Waals surface area contributed by atoms with Gasteiger partial charge in [-0.3, -0.25) is 4.79 Å². The standard InChI is InChI=1S/C21H21ClN2O3/c22-16-5-7-17(8-6-16)26-14-11-20(25)24-12-9-15(10-13-24)21-23-18-3-1-2-4-19(18)27-21/h1-8,15H,9-14H2. The number of nitrogens with zero attached hydrogens (tertiary/aromatic N) is 2. The van der Waals surface area contributed by atoms with Gasteiger partial charge in [0.15, 0.2) is 11.5 Å². The van der Waals surface area contributed by atoms with Crippen molar-refractivity contribution in [1.29, 1.82) is 0 Å². The summed E-state index contributed by atoms with van der Waals surface area (Å²) in [4.78, 5) is 18.9. The van der Waals surface area contributed by atoms with E-state index in [2.05, 4.69) is 4.98 Å². The van der Waals surface area contributed by atoms with Gasteiger partial charge in [-0.05, 0) is 49.2 Å². The van der Waals surface area contributed by atoms with Crippen molar-refractivity contribution in [2.45, 2.75) is 25.2 Å². The van der Waals surface area contributed by atoms with Gasteiger partial charge in [-0.1, -0.05) is 23.7 Å². The molecule has 0 unspecified atom stereocenters. The van der Waals surface area contributed by atoms with Crippen LogP contribution in [-0.4, -0.2) is 35.5 Å². The number of likely N-dealkylation sites (tertiary alicyclic amines) is 1. The molecule has 140 valence electrons. The number of carbonyl (C=O) groups is 1. The van der Waals surface area contributed by atoms with E-state index in [0.29, 0.717) is 18.1 Å². The van der Waals surface area contributed by atoms with Crippen molar-refractivity contribution in [3.8, 4) is 5.75 Å². The third-order valence-electron chi connectivity index (χ3n) is 4.91. The van der Waals surface area contributed by atoms with Gasteiger partial charge in [0.25, 0.3) is 0 Å². The van der Waals surface area contributed by atoms with E-state index >= 15 is 0 Å². The van der Waals surface area contributed by atoms with E-state index in [1.165, 1.54) is 0 Å². The molecule has 0 spiro atoms. The zero-order valence-corrected chi connectivity index (χ0v) is 15.7. The third kappa shape index (κ3) is 4.25. The van der Waals surface area contributed by atoms with E-state index in [0.717, 1.165) is 48.7 Å². The van der Waals surface area contributed by atoms with Crippen molar-refractivity contribution >= 4 is 28.6 Å². The molecule has 2 heterocycles. The van der Waals surface area contributed by atoms with E-state index in [9.17, 15) is 4.79 Å². The number of ether oxygens (including phenoxy) is 1. The number of piperidine rings is 1. The minimum atomic E-state index is 0.125. The highest BCUT2D eigenvalue weighted by Crippen LogP contribution is 2.30. The maximum Gasteiger partial charge on any atom is 0.225 e. The number of halogens is 1. The lowest BCUT2D eigenvalue weighted by atomic mass is 9.96. The summed E-state index contributed by atoms with van der Waals surface area (Å²) >= 11 is 5.85. The molecule has 0 atom stereocenters. The number of rotatable bonds is 5. The maximum absolute atomic E-state index is 12.4. The molecule has 6 heteroatoms. The molecule has 27 heavy (non-hydrogen) atoms. The minimum absolute atomic E-state index is 0.125. The molecule has 2 aromatic carbocycles. The number of hydrogen-bond donors (Lipinski definition) is 0. The lowest BCUT2D eigenvalue weighted by Gasteiger charge is -2.30. The van der Waals surface area contributed by atoms with Crippen LogP contribution < -0.4 is 4.74 Å². The Balaban J connectivity index is 1.25. The molecule has 1 saturated heterocycles. The number of oxazole rings is 1. The Morgan fingerprint density at radius 2 is 1.89 bits per heavy atom. The summed E-state index contributed by atoms with van der Waals surface area (Å²) in [6, 6.07) is 15.0. The molecule has 1 aromatic heterocycles. The quantitative estimate of drug-likeness (QED) is 0.642. The summed E-state index contributed by atoms with van der Waals surface area (Å²) in [5.41, 5.74) is 1.72. The van der Waals surface area contributed by atoms with Crippen LogP contribution in [-0.2, 0) is 4.79 Å². The zero-order chi connectivity index (χ0) is 18.6. The summed E-state index contributed by atoms with van der Waals surface area (Å²) < 4.78 is 11.5. The smallest absolute Gasteiger partial charge is 0.225 e. The first-order valence-electron chi connectivity index (χ1n) is 9.20. The molecule has 1 amide bonds. The molecule has 1 fully saturated rings. The second-order valence-electron chi connectivity index (χ2n) is 6.73. The summed E-state index contributed by atoms with van der Waals surface area (Å²) in [5, 5.41) is 0.667. The number of carbonyl (C=O) groups excluding carboxylic acids is 1. The summed E-state index contributed by atoms with van der Waals surface area (Å²) in [5.74, 6) is 1.91. The first kappa shape index (κ1) is 17.9. The number of para-hydroxylation sites is 2. The largest absolute Gasteiger partial charge is 0.493 e. The van der Waals surface area contributed by atoms with Crippen LogP contribution in [0, 0.1) is 0 Å². The molecule has 0 N–H and O–H groups in total. The molecule has 4 rings (SSSR count). The SMILES string of the molecule is O=C(CCOc1ccc(Cl)cc1)N1CCC(c2nc3ccccc3o2)CC1. The van der Waals surface area contributed by atoms with Crippen LogP contribution in [0.15, 0.2) is 52.9 Å². The van der Waals surface area contributed by atoms with Crippen molar-refractivity contribution in [3.63, 3.8) is 0 Å². The predicted octanol–water partition coefficient (Wildman–Crippen LogP) is 4.66. The molecule has 0 radical (unpaired) electrons. The molecular formula is C21H21ClN2O3. The van der Waals surface area contributed by atoms with Gasteiger partial charge < -0.3 is 14.1 Å². The van der Waals surface area contributed by atoms with Crippen molar-refractivity contribution in [2.75, 3.05) is 19.7 Å². The molecule has 0 bridgehead atoms. The normalized spacial score (nSPS) is 15.2. The summed E-state index contributed by atoms with van der Waals surface area (Å²) in [6.07, 6.45) is 2.11. The summed E-state index contributed by atoms with van der Waals surface area (Å²) in [7, 11) is 0. The molecule has 0 saturated carbocycles. The van der Waals surface area contributed by atoms with Gasteiger partial charge in [0.2, 0.25) is 5.91 Å². The Hall–Kier alpha value is -2.53. The van der Waals surface area contributed by atoms with Gasteiger partial charge in [0.1, 0.15) is 11.3 Å². The molecule has 0 aliphatic carbocycles. The monoisotopic (exact) mass is 384 g/mol. The highest BCUT2D eigenvalue weighted by molar-refractivity contribution is 6.30. The fourth-order valence-corrected chi connectivity index (χ4v) is 3.51. The van der Waals surface area contributed by atoms with Crippen molar-refractivity contribution in [3.05, 3.63) is 59.4 Å². The fraction of sp³-hybridized carbons (Fsp3) is 0.333. The van der Waals surface area contributed by atoms with Gasteiger partial charge in [0.05, 0.1) is 13.0 Å². The minimum Gasteiger partial charge on any atom is -0.493 e. The van der Waals surface area contributed by atoms with Crippen LogP contribution in [0.5, 0.6) is 5.75 Å². The van der Waals surface area contributed by atoms with E-state index < -0.39 is 0 Å². The molecule has 1 aliphatic heterocycles. The van der Waals surface area contributed by atoms with Gasteiger partial charge in [0, 0.05) is 24.0 Å². The van der Waals surface area contributed by atoms with E-state index in [1.807, 2.05) is 29.2 Å². The molecule has 5 nitrogen and oxygen atoms in total. The molecule has 1 aliphatic rings. The first-order chi connectivity index (χ1) is 13.2. The Morgan fingerprint density at radius 1 is 1.15 bits per heavy atom. The van der Waals surface area contributed by atoms with Crippen molar-refractivity contribution in [1.82, 2.24) is 9.88 Å². The van der Waals surface area contributed by atoms with E-state index in [4.69, 9.17) is 20.8 Å². The number of benzene rings is 2. The number of amides is 1. The van der Waals surface area contributed by atoms with Crippen LogP contribution >= 0.6 is 11.6 Å². The predicted molar refractivity (Wildman–Crippen MR) is 104 cm³/mol. The average Bonchev–Trinajstić information content (AvgIpc) is 3.14. The number of hydrogen-bond acceptors (Lipinski definition) is 4. The van der Waals surface area contributed by atoms with Gasteiger partial charge in [-0.2, -0.15) is 0 Å². The van der Waals surface area contributed by atoms with Crippen molar-refractivity contribution < 1.29 is 13.9 Å². The number of fused-ring (bicyclic) bond motifs is 1. The van der Waals surface area contributed by atoms with E-state index in [1.54, 1.807) is 24.3 Å². The van der Waals surface area contributed by atoms with Gasteiger partial charge >= 0.3 is 0 Å². The highest BCUT2D eigenvalue weighted by atomic mass is 35.5. The second kappa shape index (κ2) is 8.01. The Bertz CT molecular complexity index is 882. The van der Waals surface area contributed by atoms with Crippen LogP contribution in [0.2, 0.25) is 5.02 Å². The van der Waals surface area contributed by atoms with Crippen LogP contribution in [0.4, 0.5) is 0 Å². The van der Waals surface area contributed by atoms with Crippen LogP contribution in [0.25, 0.3) is 11.1 Å². The zero-order valence-electron chi connectivity index (χ0n) is 14.9. The first-order valence-corrected chi connectivity index (χ1v) is 9.58. The Labute approximate surface area is 162 Å². The van der Waals surface area contributed by atoms with Gasteiger partial charge in [-0.15, -0.1) is 0 Å². The maximum atomic E-state index is 12.4. The summed E-state index contributed by atoms with van der Waals surface area (Å²) in [6.45, 7) is 1.82. The number of aromatic nitrogens is 1. The Kier molecular flexibility index (Phi) is 5.30. The van der Waals surface area contributed by atoms with Crippen LogP contribution in [0.3, 0.4) is 0 Å². The topological polar surface area (TPSA) is 55.6 Å². The second-order valence-corrected chi connectivity index (χ2v) is 7.16. The fourth-order valence-electron chi connectivity index (χ4n) is 3.39. The Morgan fingerprint density at radius 3 is 2.63 bits per heavy atom. The van der Waals surface area contributed by atoms with Crippen molar-refractivity contribution in [2.24, 2.45) is 0 Å². The highest BCUT2D eigenvalue weighted by Gasteiger charge is 2.26. The lowest BCUT2D eigenvalue weighted by Crippen LogP contribution is -2.38.